The smallest absolute Gasteiger partial charge is 0.132 e. The first kappa shape index (κ1) is 12.7. The second-order valence-corrected chi connectivity index (χ2v) is 4.25. The van der Waals surface area contributed by atoms with Crippen LogP contribution in [0.5, 0.6) is 0 Å². The van der Waals surface area contributed by atoms with E-state index in [0.29, 0.717) is 24.5 Å². The molecule has 0 saturated carbocycles. The van der Waals surface area contributed by atoms with Crippen LogP contribution in [0.3, 0.4) is 0 Å². The Bertz CT molecular complexity index is 340. The summed E-state index contributed by atoms with van der Waals surface area (Å²) in [4.78, 5) is 11.4. The minimum Gasteiger partial charge on any atom is -0.300 e. The molecule has 1 aromatic carbocycles. The molecule has 0 amide bonds. The molecule has 86 valence electrons. The molecule has 1 nitrogen and oxygen atoms in total. The van der Waals surface area contributed by atoms with Gasteiger partial charge in [0, 0.05) is 18.8 Å². The predicted molar refractivity (Wildman–Crippen MR) is 68.5 cm³/mol. The first-order chi connectivity index (χ1) is 7.69. The molecule has 0 aliphatic carbocycles. The molecule has 0 aromatic heterocycles. The topological polar surface area (TPSA) is 17.1 Å². The van der Waals surface area contributed by atoms with Gasteiger partial charge in [-0.2, -0.15) is 0 Å². The van der Waals surface area contributed by atoms with Gasteiger partial charge in [-0.15, -0.1) is 6.58 Å². The fourth-order valence-corrected chi connectivity index (χ4v) is 2.00. The second-order valence-electron chi connectivity index (χ2n) is 4.25. The molecule has 2 atom stereocenters. The third-order valence-electron chi connectivity index (χ3n) is 3.00. The average Bonchev–Trinajstić information content (AvgIpc) is 2.31. The minimum absolute atomic E-state index is 0.275. The second kappa shape index (κ2) is 6.26. The van der Waals surface area contributed by atoms with Crippen LogP contribution in [0.4, 0.5) is 0 Å². The lowest BCUT2D eigenvalue weighted by Gasteiger charge is -2.20. The number of hydrogen-bond donors (Lipinski definition) is 0. The van der Waals surface area contributed by atoms with Crippen molar-refractivity contribution in [3.8, 4) is 0 Å². The summed E-state index contributed by atoms with van der Waals surface area (Å²) in [6.45, 7) is 7.92. The number of allylic oxidation sites excluding steroid dienone is 1. The highest BCUT2D eigenvalue weighted by Crippen LogP contribution is 2.28. The molecule has 1 aromatic rings. The molecule has 0 heterocycles. The van der Waals surface area contributed by atoms with E-state index >= 15 is 0 Å². The lowest BCUT2D eigenvalue weighted by Crippen LogP contribution is -2.12. The molecule has 0 saturated heterocycles. The molecule has 1 heteroatoms. The molecule has 1 rings (SSSR count). The molecule has 0 aliphatic rings. The maximum Gasteiger partial charge on any atom is 0.132 e. The highest BCUT2D eigenvalue weighted by atomic mass is 16.1. The Morgan fingerprint density at radius 3 is 2.50 bits per heavy atom. The monoisotopic (exact) mass is 216 g/mol. The first-order valence-corrected chi connectivity index (χ1v) is 5.88. The summed E-state index contributed by atoms with van der Waals surface area (Å²) in [6.07, 6.45) is 3.22. The van der Waals surface area contributed by atoms with Gasteiger partial charge in [-0.05, 0) is 11.5 Å². The van der Waals surface area contributed by atoms with E-state index in [2.05, 4.69) is 25.6 Å². The summed E-state index contributed by atoms with van der Waals surface area (Å²) in [5, 5.41) is 0. The average molecular weight is 216 g/mol. The van der Waals surface area contributed by atoms with E-state index in [9.17, 15) is 4.79 Å². The van der Waals surface area contributed by atoms with E-state index in [-0.39, 0.29) is 5.92 Å². The molecule has 0 bridgehead atoms. The Morgan fingerprint density at radius 2 is 2.00 bits per heavy atom. The Hall–Kier alpha value is -1.37. The number of ketones is 1. The quantitative estimate of drug-likeness (QED) is 0.658. The fourth-order valence-electron chi connectivity index (χ4n) is 2.00. The summed E-state index contributed by atoms with van der Waals surface area (Å²) in [6, 6.07) is 10.3. The maximum absolute atomic E-state index is 11.4. The van der Waals surface area contributed by atoms with Crippen LogP contribution in [0.2, 0.25) is 0 Å². The lowest BCUT2D eigenvalue weighted by molar-refractivity contribution is -0.119. The van der Waals surface area contributed by atoms with Crippen molar-refractivity contribution < 1.29 is 4.79 Å². The van der Waals surface area contributed by atoms with Crippen molar-refractivity contribution in [2.24, 2.45) is 5.92 Å². The van der Waals surface area contributed by atoms with Crippen LogP contribution in [0.15, 0.2) is 43.0 Å². The summed E-state index contributed by atoms with van der Waals surface area (Å²) in [5.74, 6) is 0.930. The van der Waals surface area contributed by atoms with Gasteiger partial charge in [0.1, 0.15) is 5.78 Å². The maximum atomic E-state index is 11.4. The molecule has 2 unspecified atom stereocenters. The van der Waals surface area contributed by atoms with Crippen LogP contribution in [0.25, 0.3) is 0 Å². The summed E-state index contributed by atoms with van der Waals surface area (Å²) >= 11 is 0. The molecule has 0 fully saturated rings. The molecular weight excluding hydrogens is 196 g/mol. The number of benzene rings is 1. The minimum atomic E-state index is 0.275. The summed E-state index contributed by atoms with van der Waals surface area (Å²) < 4.78 is 0. The van der Waals surface area contributed by atoms with Crippen molar-refractivity contribution in [3.05, 3.63) is 48.6 Å². The molecular formula is C15H20O. The van der Waals surface area contributed by atoms with Crippen molar-refractivity contribution in [1.82, 2.24) is 0 Å². The highest BCUT2D eigenvalue weighted by molar-refractivity contribution is 5.78. The number of hydrogen-bond acceptors (Lipinski definition) is 1. The van der Waals surface area contributed by atoms with Crippen molar-refractivity contribution >= 4 is 5.78 Å². The van der Waals surface area contributed by atoms with E-state index in [4.69, 9.17) is 0 Å². The van der Waals surface area contributed by atoms with Gasteiger partial charge in [0.05, 0.1) is 0 Å². The van der Waals surface area contributed by atoms with Gasteiger partial charge in [-0.25, -0.2) is 0 Å². The van der Waals surface area contributed by atoms with Crippen LogP contribution in [-0.4, -0.2) is 5.78 Å². The fraction of sp³-hybridized carbons (Fsp3) is 0.400. The largest absolute Gasteiger partial charge is 0.300 e. The van der Waals surface area contributed by atoms with Crippen molar-refractivity contribution in [3.63, 3.8) is 0 Å². The van der Waals surface area contributed by atoms with E-state index in [1.807, 2.05) is 31.2 Å². The summed E-state index contributed by atoms with van der Waals surface area (Å²) in [5.41, 5.74) is 1.24. The highest BCUT2D eigenvalue weighted by Gasteiger charge is 2.17. The molecule has 0 radical (unpaired) electrons. The predicted octanol–water partition coefficient (Wildman–Crippen LogP) is 3.96. The number of rotatable bonds is 6. The number of Topliss-reactive ketones (excluding diaryl/α,β-unsaturated/α-hetero) is 1. The first-order valence-electron chi connectivity index (χ1n) is 5.88. The Labute approximate surface area is 98.2 Å². The Morgan fingerprint density at radius 1 is 1.38 bits per heavy atom. The van der Waals surface area contributed by atoms with Crippen LogP contribution in [0, 0.1) is 5.92 Å². The van der Waals surface area contributed by atoms with Gasteiger partial charge >= 0.3 is 0 Å². The zero-order valence-electron chi connectivity index (χ0n) is 10.1. The molecule has 0 spiro atoms. The SMILES string of the molecule is C=CC(c1ccccc1)C(C)CC(=O)CC. The van der Waals surface area contributed by atoms with Gasteiger partial charge < -0.3 is 0 Å². The van der Waals surface area contributed by atoms with Gasteiger partial charge in [0.2, 0.25) is 0 Å². The normalized spacial score (nSPS) is 14.1. The van der Waals surface area contributed by atoms with E-state index in [1.54, 1.807) is 0 Å². The van der Waals surface area contributed by atoms with Crippen LogP contribution in [0.1, 0.15) is 38.2 Å². The number of carbonyl (C=O) groups is 1. The molecule has 0 aliphatic heterocycles. The lowest BCUT2D eigenvalue weighted by atomic mass is 9.84. The third kappa shape index (κ3) is 3.34. The van der Waals surface area contributed by atoms with Crippen molar-refractivity contribution in [2.75, 3.05) is 0 Å². The van der Waals surface area contributed by atoms with Crippen LogP contribution >= 0.6 is 0 Å². The van der Waals surface area contributed by atoms with Crippen LogP contribution < -0.4 is 0 Å². The van der Waals surface area contributed by atoms with Gasteiger partial charge in [-0.1, -0.05) is 50.3 Å². The molecule has 16 heavy (non-hydrogen) atoms. The van der Waals surface area contributed by atoms with Gasteiger partial charge in [0.15, 0.2) is 0 Å². The zero-order valence-corrected chi connectivity index (χ0v) is 10.1. The summed E-state index contributed by atoms with van der Waals surface area (Å²) in [7, 11) is 0. The van der Waals surface area contributed by atoms with E-state index in [0.717, 1.165) is 0 Å². The Kier molecular flexibility index (Phi) is 4.97. The van der Waals surface area contributed by atoms with E-state index in [1.165, 1.54) is 5.56 Å². The molecule has 0 N–H and O–H groups in total. The van der Waals surface area contributed by atoms with Crippen molar-refractivity contribution in [1.29, 1.82) is 0 Å². The van der Waals surface area contributed by atoms with Crippen molar-refractivity contribution in [2.45, 2.75) is 32.6 Å². The van der Waals surface area contributed by atoms with E-state index < -0.39 is 0 Å². The van der Waals surface area contributed by atoms with Gasteiger partial charge in [-0.3, -0.25) is 4.79 Å². The van der Waals surface area contributed by atoms with Crippen LogP contribution in [-0.2, 0) is 4.79 Å². The number of carbonyl (C=O) groups excluding carboxylic acids is 1. The Balaban J connectivity index is 2.75. The zero-order chi connectivity index (χ0) is 12.0. The standard InChI is InChI=1S/C15H20O/c1-4-14(16)11-12(3)15(5-2)13-9-7-6-8-10-13/h5-10,12,15H,2,4,11H2,1,3H3. The third-order valence-corrected chi connectivity index (χ3v) is 3.00. The van der Waals surface area contributed by atoms with Gasteiger partial charge in [0.25, 0.3) is 0 Å².